The van der Waals surface area contributed by atoms with Gasteiger partial charge >= 0.3 is 0 Å². The zero-order valence-corrected chi connectivity index (χ0v) is 15.9. The smallest absolute Gasteiger partial charge is 0.255 e. The van der Waals surface area contributed by atoms with Gasteiger partial charge in [-0.2, -0.15) is 0 Å². The number of nitrogens with one attached hydrogen (secondary N) is 2. The van der Waals surface area contributed by atoms with Gasteiger partial charge in [-0.3, -0.25) is 4.79 Å². The zero-order valence-electron chi connectivity index (χ0n) is 15.1. The van der Waals surface area contributed by atoms with E-state index in [4.69, 9.17) is 9.47 Å². The fourth-order valence-electron chi connectivity index (χ4n) is 2.30. The summed E-state index contributed by atoms with van der Waals surface area (Å²) in [6, 6.07) is 10.6. The Morgan fingerprint density at radius 2 is 1.69 bits per heavy atom. The van der Waals surface area contributed by atoms with Crippen molar-refractivity contribution in [2.45, 2.75) is 24.8 Å². The summed E-state index contributed by atoms with van der Waals surface area (Å²) in [5.74, 6) is 0.583. The Bertz CT molecular complexity index is 894. The van der Waals surface area contributed by atoms with E-state index in [1.807, 2.05) is 0 Å². The molecule has 0 atom stereocenters. The standard InChI is InChI=1S/C18H22N2O5S/c1-12(2)20-26(22,23)15-7-5-6-13(10-15)18(21)19-14-8-9-16(24-3)17(11-14)25-4/h5-12,20H,1-4H3,(H,19,21). The molecule has 0 fully saturated rings. The van der Waals surface area contributed by atoms with E-state index in [1.165, 1.54) is 32.4 Å². The van der Waals surface area contributed by atoms with E-state index in [1.54, 1.807) is 38.1 Å². The number of carbonyl (C=O) groups is 1. The fourth-order valence-corrected chi connectivity index (χ4v) is 3.60. The van der Waals surface area contributed by atoms with Crippen LogP contribution in [0.25, 0.3) is 0 Å². The minimum atomic E-state index is -3.67. The summed E-state index contributed by atoms with van der Waals surface area (Å²) < 4.78 is 37.4. The van der Waals surface area contributed by atoms with Gasteiger partial charge in [0, 0.05) is 23.4 Å². The number of sulfonamides is 1. The molecule has 2 N–H and O–H groups in total. The van der Waals surface area contributed by atoms with Crippen LogP contribution in [0.2, 0.25) is 0 Å². The first-order chi connectivity index (χ1) is 12.3. The number of anilines is 1. The Kier molecular flexibility index (Phi) is 6.23. The van der Waals surface area contributed by atoms with E-state index in [0.29, 0.717) is 17.2 Å². The van der Waals surface area contributed by atoms with Gasteiger partial charge in [-0.1, -0.05) is 6.07 Å². The van der Waals surface area contributed by atoms with E-state index in [9.17, 15) is 13.2 Å². The molecule has 2 aromatic carbocycles. The summed E-state index contributed by atoms with van der Waals surface area (Å²) in [6.45, 7) is 3.45. The number of amides is 1. The van der Waals surface area contributed by atoms with E-state index < -0.39 is 15.9 Å². The lowest BCUT2D eigenvalue weighted by atomic mass is 10.2. The van der Waals surface area contributed by atoms with Crippen LogP contribution in [0, 0.1) is 0 Å². The first-order valence-electron chi connectivity index (χ1n) is 7.92. The average Bonchev–Trinajstić information content (AvgIpc) is 2.60. The van der Waals surface area contributed by atoms with Crippen LogP contribution in [0.4, 0.5) is 5.69 Å². The van der Waals surface area contributed by atoms with Gasteiger partial charge in [-0.25, -0.2) is 13.1 Å². The Labute approximate surface area is 153 Å². The number of rotatable bonds is 7. The molecule has 140 valence electrons. The van der Waals surface area contributed by atoms with Gasteiger partial charge < -0.3 is 14.8 Å². The molecule has 26 heavy (non-hydrogen) atoms. The summed E-state index contributed by atoms with van der Waals surface area (Å²) in [5, 5.41) is 2.71. The SMILES string of the molecule is COc1ccc(NC(=O)c2cccc(S(=O)(=O)NC(C)C)c2)cc1OC. The number of carbonyl (C=O) groups excluding carboxylic acids is 1. The number of benzene rings is 2. The molecule has 0 saturated carbocycles. The maximum atomic E-state index is 12.5. The summed E-state index contributed by atoms with van der Waals surface area (Å²) in [4.78, 5) is 12.5. The van der Waals surface area contributed by atoms with Crippen LogP contribution in [-0.2, 0) is 10.0 Å². The molecular weight excluding hydrogens is 356 g/mol. The highest BCUT2D eigenvalue weighted by molar-refractivity contribution is 7.89. The Morgan fingerprint density at radius 3 is 2.31 bits per heavy atom. The number of ether oxygens (including phenoxy) is 2. The molecule has 1 amide bonds. The van der Waals surface area contributed by atoms with Crippen molar-refractivity contribution in [3.8, 4) is 11.5 Å². The quantitative estimate of drug-likeness (QED) is 0.772. The summed E-state index contributed by atoms with van der Waals surface area (Å²) >= 11 is 0. The molecule has 7 nitrogen and oxygen atoms in total. The second kappa shape index (κ2) is 8.20. The summed E-state index contributed by atoms with van der Waals surface area (Å²) in [6.07, 6.45) is 0. The number of hydrogen-bond donors (Lipinski definition) is 2. The average molecular weight is 378 g/mol. The van der Waals surface area contributed by atoms with Crippen molar-refractivity contribution in [2.75, 3.05) is 19.5 Å². The van der Waals surface area contributed by atoms with Crippen LogP contribution in [0.5, 0.6) is 11.5 Å². The van der Waals surface area contributed by atoms with Crippen molar-refractivity contribution in [1.29, 1.82) is 0 Å². The minimum absolute atomic E-state index is 0.0335. The van der Waals surface area contributed by atoms with Crippen molar-refractivity contribution in [1.82, 2.24) is 4.72 Å². The molecular formula is C18H22N2O5S. The topological polar surface area (TPSA) is 93.7 Å². The van der Waals surface area contributed by atoms with E-state index in [-0.39, 0.29) is 16.5 Å². The van der Waals surface area contributed by atoms with E-state index >= 15 is 0 Å². The molecule has 0 aliphatic rings. The Morgan fingerprint density at radius 1 is 1.00 bits per heavy atom. The van der Waals surface area contributed by atoms with Crippen LogP contribution in [0.1, 0.15) is 24.2 Å². The van der Waals surface area contributed by atoms with Crippen LogP contribution in [0.15, 0.2) is 47.4 Å². The lowest BCUT2D eigenvalue weighted by Crippen LogP contribution is -2.30. The molecule has 0 heterocycles. The van der Waals surface area contributed by atoms with Crippen molar-refractivity contribution >= 4 is 21.6 Å². The second-order valence-corrected chi connectivity index (χ2v) is 7.54. The third-order valence-corrected chi connectivity index (χ3v) is 5.10. The van der Waals surface area contributed by atoms with Crippen molar-refractivity contribution < 1.29 is 22.7 Å². The molecule has 0 radical (unpaired) electrons. The molecule has 2 rings (SSSR count). The highest BCUT2D eigenvalue weighted by atomic mass is 32.2. The fraction of sp³-hybridized carbons (Fsp3) is 0.278. The van der Waals surface area contributed by atoms with Crippen LogP contribution >= 0.6 is 0 Å². The second-order valence-electron chi connectivity index (χ2n) is 5.83. The maximum absolute atomic E-state index is 12.5. The molecule has 8 heteroatoms. The molecule has 0 spiro atoms. The van der Waals surface area contributed by atoms with Crippen molar-refractivity contribution in [2.24, 2.45) is 0 Å². The molecule has 2 aromatic rings. The monoisotopic (exact) mass is 378 g/mol. The molecule has 0 bridgehead atoms. The highest BCUT2D eigenvalue weighted by Crippen LogP contribution is 2.30. The molecule has 0 aromatic heterocycles. The number of methoxy groups -OCH3 is 2. The molecule has 0 aliphatic carbocycles. The summed E-state index contributed by atoms with van der Waals surface area (Å²) in [7, 11) is -0.654. The largest absolute Gasteiger partial charge is 0.493 e. The first-order valence-corrected chi connectivity index (χ1v) is 9.41. The van der Waals surface area contributed by atoms with Gasteiger partial charge in [0.05, 0.1) is 19.1 Å². The normalized spacial score (nSPS) is 11.3. The zero-order chi connectivity index (χ0) is 19.3. The first kappa shape index (κ1) is 19.7. The Hall–Kier alpha value is -2.58. The van der Waals surface area contributed by atoms with Gasteiger partial charge in [-0.15, -0.1) is 0 Å². The van der Waals surface area contributed by atoms with Crippen LogP contribution in [-0.4, -0.2) is 34.6 Å². The van der Waals surface area contributed by atoms with Gasteiger partial charge in [0.25, 0.3) is 5.91 Å². The van der Waals surface area contributed by atoms with E-state index in [2.05, 4.69) is 10.0 Å². The van der Waals surface area contributed by atoms with Gasteiger partial charge in [-0.05, 0) is 44.2 Å². The van der Waals surface area contributed by atoms with Gasteiger partial charge in [0.2, 0.25) is 10.0 Å². The minimum Gasteiger partial charge on any atom is -0.493 e. The van der Waals surface area contributed by atoms with Crippen LogP contribution < -0.4 is 19.5 Å². The van der Waals surface area contributed by atoms with Crippen molar-refractivity contribution in [3.63, 3.8) is 0 Å². The van der Waals surface area contributed by atoms with Crippen LogP contribution in [0.3, 0.4) is 0 Å². The predicted molar refractivity (Wildman–Crippen MR) is 99.4 cm³/mol. The predicted octanol–water partition coefficient (Wildman–Crippen LogP) is 2.64. The van der Waals surface area contributed by atoms with Crippen molar-refractivity contribution in [3.05, 3.63) is 48.0 Å². The number of hydrogen-bond acceptors (Lipinski definition) is 5. The lowest BCUT2D eigenvalue weighted by Gasteiger charge is -2.12. The van der Waals surface area contributed by atoms with Gasteiger partial charge in [0.15, 0.2) is 11.5 Å². The van der Waals surface area contributed by atoms with E-state index in [0.717, 1.165) is 0 Å². The molecule has 0 unspecified atom stereocenters. The lowest BCUT2D eigenvalue weighted by molar-refractivity contribution is 0.102. The third-order valence-electron chi connectivity index (χ3n) is 3.44. The maximum Gasteiger partial charge on any atom is 0.255 e. The van der Waals surface area contributed by atoms with Gasteiger partial charge in [0.1, 0.15) is 0 Å². The third kappa shape index (κ3) is 4.74. The molecule has 0 saturated heterocycles. The highest BCUT2D eigenvalue weighted by Gasteiger charge is 2.17. The molecule has 0 aliphatic heterocycles. The summed E-state index contributed by atoms with van der Waals surface area (Å²) in [5.41, 5.74) is 0.729. The Balaban J connectivity index is 2.24.